The van der Waals surface area contributed by atoms with Crippen LogP contribution < -0.4 is 9.61 Å². The van der Waals surface area contributed by atoms with Crippen LogP contribution in [0.5, 0.6) is 5.75 Å². The maximum absolute atomic E-state index is 12.9. The van der Waals surface area contributed by atoms with Crippen molar-refractivity contribution in [1.82, 2.24) is 5.09 Å². The Bertz CT molecular complexity index is 654. The van der Waals surface area contributed by atoms with Crippen LogP contribution in [0.15, 0.2) is 24.3 Å². The number of ether oxygens (including phenoxy) is 1. The lowest BCUT2D eigenvalue weighted by Gasteiger charge is -2.24. The van der Waals surface area contributed by atoms with Gasteiger partial charge in [-0.25, -0.2) is 4.57 Å². The zero-order valence-corrected chi connectivity index (χ0v) is 15.4. The molecular formula is C16H23N2O5P. The van der Waals surface area contributed by atoms with Crippen molar-refractivity contribution in [2.75, 3.05) is 0 Å². The lowest BCUT2D eigenvalue weighted by Crippen LogP contribution is -2.36. The number of rotatable bonds is 8. The SMILES string of the molecule is CC(C)OC(=O)[C@H](C)NP(=O)(Oc1cccc(C#N)c1)OC(C)C. The number of hydrogen-bond acceptors (Lipinski definition) is 6. The van der Waals surface area contributed by atoms with Gasteiger partial charge in [0, 0.05) is 0 Å². The van der Waals surface area contributed by atoms with Gasteiger partial charge in [-0.05, 0) is 52.8 Å². The quantitative estimate of drug-likeness (QED) is 0.564. The van der Waals surface area contributed by atoms with Gasteiger partial charge < -0.3 is 9.26 Å². The van der Waals surface area contributed by atoms with Crippen LogP contribution in [0, 0.1) is 11.3 Å². The molecule has 0 saturated carbocycles. The van der Waals surface area contributed by atoms with E-state index in [2.05, 4.69) is 5.09 Å². The van der Waals surface area contributed by atoms with E-state index in [4.69, 9.17) is 19.0 Å². The van der Waals surface area contributed by atoms with Crippen molar-refractivity contribution >= 4 is 13.7 Å². The first-order valence-corrected chi connectivity index (χ1v) is 9.16. The van der Waals surface area contributed by atoms with Crippen molar-refractivity contribution in [2.24, 2.45) is 0 Å². The van der Waals surface area contributed by atoms with Gasteiger partial charge in [-0.15, -0.1) is 0 Å². The maximum Gasteiger partial charge on any atom is 0.459 e. The second-order valence-electron chi connectivity index (χ2n) is 5.72. The smallest absolute Gasteiger partial charge is 0.459 e. The number of nitrogens with one attached hydrogen (secondary N) is 1. The van der Waals surface area contributed by atoms with Gasteiger partial charge in [0.15, 0.2) is 0 Å². The van der Waals surface area contributed by atoms with E-state index in [0.717, 1.165) is 0 Å². The highest BCUT2D eigenvalue weighted by Crippen LogP contribution is 2.46. The Morgan fingerprint density at radius 1 is 1.21 bits per heavy atom. The molecule has 0 spiro atoms. The molecule has 0 fully saturated rings. The monoisotopic (exact) mass is 354 g/mol. The van der Waals surface area contributed by atoms with Gasteiger partial charge >= 0.3 is 13.7 Å². The van der Waals surface area contributed by atoms with Crippen LogP contribution in [0.3, 0.4) is 0 Å². The lowest BCUT2D eigenvalue weighted by atomic mass is 10.2. The van der Waals surface area contributed by atoms with E-state index in [0.29, 0.717) is 5.56 Å². The predicted octanol–water partition coefficient (Wildman–Crippen LogP) is 3.40. The third kappa shape index (κ3) is 6.71. The van der Waals surface area contributed by atoms with Gasteiger partial charge in [-0.1, -0.05) is 6.07 Å². The molecule has 1 aromatic carbocycles. The molecule has 1 aromatic rings. The number of esters is 1. The van der Waals surface area contributed by atoms with Gasteiger partial charge in [0.05, 0.1) is 23.8 Å². The summed E-state index contributed by atoms with van der Waals surface area (Å²) in [6, 6.07) is 7.26. The first kappa shape index (κ1) is 20.2. The molecule has 0 aliphatic carbocycles. The molecule has 1 rings (SSSR count). The highest BCUT2D eigenvalue weighted by Gasteiger charge is 2.33. The van der Waals surface area contributed by atoms with Crippen LogP contribution >= 0.6 is 7.75 Å². The molecule has 0 radical (unpaired) electrons. The van der Waals surface area contributed by atoms with E-state index in [1.54, 1.807) is 45.9 Å². The summed E-state index contributed by atoms with van der Waals surface area (Å²) in [7, 11) is -3.84. The summed E-state index contributed by atoms with van der Waals surface area (Å²) in [6.07, 6.45) is -0.698. The van der Waals surface area contributed by atoms with Gasteiger partial charge in [0.2, 0.25) is 0 Å². The predicted molar refractivity (Wildman–Crippen MR) is 89.4 cm³/mol. The number of hydrogen-bond donors (Lipinski definition) is 1. The zero-order valence-electron chi connectivity index (χ0n) is 14.5. The summed E-state index contributed by atoms with van der Waals surface area (Å²) in [6.45, 7) is 8.34. The van der Waals surface area contributed by atoms with Crippen LogP contribution in [-0.4, -0.2) is 24.2 Å². The molecule has 0 aliphatic heterocycles. The minimum atomic E-state index is -3.84. The first-order chi connectivity index (χ1) is 11.1. The van der Waals surface area contributed by atoms with E-state index in [1.807, 2.05) is 6.07 Å². The maximum atomic E-state index is 12.9. The third-order valence-electron chi connectivity index (χ3n) is 2.60. The Hall–Kier alpha value is -1.87. The third-order valence-corrected chi connectivity index (χ3v) is 4.45. The van der Waals surface area contributed by atoms with Gasteiger partial charge in [0.1, 0.15) is 11.8 Å². The van der Waals surface area contributed by atoms with Crippen molar-refractivity contribution < 1.29 is 23.1 Å². The molecule has 8 heteroatoms. The molecule has 0 saturated heterocycles. The van der Waals surface area contributed by atoms with Gasteiger partial charge in [0.25, 0.3) is 0 Å². The molecule has 132 valence electrons. The van der Waals surface area contributed by atoms with Crippen molar-refractivity contribution in [3.8, 4) is 11.8 Å². The van der Waals surface area contributed by atoms with Crippen molar-refractivity contribution in [3.05, 3.63) is 29.8 Å². The molecule has 24 heavy (non-hydrogen) atoms. The largest absolute Gasteiger partial charge is 0.462 e. The number of benzene rings is 1. The standard InChI is InChI=1S/C16H23N2O5P/c1-11(2)21-16(19)13(5)18-24(20,22-12(3)4)23-15-8-6-7-14(9-15)10-17/h6-9,11-13H,1-5H3,(H,18,20)/t13-,24?/m0/s1. The fourth-order valence-electron chi connectivity index (χ4n) is 1.74. The average Bonchev–Trinajstić information content (AvgIpc) is 2.45. The Morgan fingerprint density at radius 3 is 2.42 bits per heavy atom. The summed E-state index contributed by atoms with van der Waals surface area (Å²) in [5.41, 5.74) is 0.357. The molecule has 0 aromatic heterocycles. The molecule has 2 atom stereocenters. The highest BCUT2D eigenvalue weighted by molar-refractivity contribution is 7.52. The highest BCUT2D eigenvalue weighted by atomic mass is 31.2. The Morgan fingerprint density at radius 2 is 1.88 bits per heavy atom. The van der Waals surface area contributed by atoms with Crippen molar-refractivity contribution in [3.63, 3.8) is 0 Å². The van der Waals surface area contributed by atoms with Gasteiger partial charge in [-0.3, -0.25) is 9.32 Å². The molecule has 1 N–H and O–H groups in total. The molecular weight excluding hydrogens is 331 g/mol. The van der Waals surface area contributed by atoms with Crippen LogP contribution in [0.2, 0.25) is 0 Å². The van der Waals surface area contributed by atoms with Crippen LogP contribution in [0.25, 0.3) is 0 Å². The van der Waals surface area contributed by atoms with Crippen LogP contribution in [0.1, 0.15) is 40.2 Å². The molecule has 0 amide bonds. The molecule has 7 nitrogen and oxygen atoms in total. The Balaban J connectivity index is 2.95. The summed E-state index contributed by atoms with van der Waals surface area (Å²) in [5, 5.41) is 11.5. The molecule has 0 heterocycles. The summed E-state index contributed by atoms with van der Waals surface area (Å²) in [4.78, 5) is 11.9. The average molecular weight is 354 g/mol. The number of nitrogens with zero attached hydrogens (tertiary/aromatic N) is 1. The number of carbonyl (C=O) groups is 1. The van der Waals surface area contributed by atoms with E-state index in [1.165, 1.54) is 13.0 Å². The number of nitriles is 1. The van der Waals surface area contributed by atoms with E-state index < -0.39 is 25.9 Å². The van der Waals surface area contributed by atoms with E-state index in [9.17, 15) is 9.36 Å². The first-order valence-electron chi connectivity index (χ1n) is 7.61. The second-order valence-corrected chi connectivity index (χ2v) is 7.37. The van der Waals surface area contributed by atoms with E-state index >= 15 is 0 Å². The fourth-order valence-corrected chi connectivity index (χ4v) is 3.42. The zero-order chi connectivity index (χ0) is 18.3. The summed E-state index contributed by atoms with van der Waals surface area (Å²) in [5.74, 6) is -0.359. The topological polar surface area (TPSA) is 97.6 Å². The molecule has 0 aliphatic rings. The van der Waals surface area contributed by atoms with Gasteiger partial charge in [-0.2, -0.15) is 10.3 Å². The minimum absolute atomic E-state index is 0.204. The Kier molecular flexibility index (Phi) is 7.43. The van der Waals surface area contributed by atoms with E-state index in [-0.39, 0.29) is 11.9 Å². The van der Waals surface area contributed by atoms with Crippen molar-refractivity contribution in [2.45, 2.75) is 52.9 Å². The normalized spacial score (nSPS) is 14.8. The summed E-state index contributed by atoms with van der Waals surface area (Å²) < 4.78 is 28.8. The van der Waals surface area contributed by atoms with Crippen LogP contribution in [-0.2, 0) is 18.6 Å². The Labute approximate surface area is 142 Å². The fraction of sp³-hybridized carbons (Fsp3) is 0.500. The number of carbonyl (C=O) groups excluding carboxylic acids is 1. The lowest BCUT2D eigenvalue weighted by molar-refractivity contribution is -0.149. The minimum Gasteiger partial charge on any atom is -0.462 e. The van der Waals surface area contributed by atoms with Crippen molar-refractivity contribution in [1.29, 1.82) is 5.26 Å². The molecule has 1 unspecified atom stereocenters. The second kappa shape index (κ2) is 8.84. The summed E-state index contributed by atoms with van der Waals surface area (Å²) >= 11 is 0. The van der Waals surface area contributed by atoms with Crippen LogP contribution in [0.4, 0.5) is 0 Å². The molecule has 0 bridgehead atoms.